The van der Waals surface area contributed by atoms with E-state index in [1.54, 1.807) is 60.7 Å². The molecule has 0 saturated carbocycles. The van der Waals surface area contributed by atoms with Gasteiger partial charge in [-0.2, -0.15) is 0 Å². The average molecular weight is 765 g/mol. The first-order valence-corrected chi connectivity index (χ1v) is 17.3. The first-order valence-electron chi connectivity index (χ1n) is 14.0. The van der Waals surface area contributed by atoms with Gasteiger partial charge < -0.3 is 10.2 Å². The summed E-state index contributed by atoms with van der Waals surface area (Å²) >= 11 is 14.8. The topological polar surface area (TPSA) is 86.8 Å². The van der Waals surface area contributed by atoms with Crippen molar-refractivity contribution in [1.29, 1.82) is 0 Å². The number of nitrogens with zero attached hydrogens (tertiary/aromatic N) is 2. The Morgan fingerprint density at radius 1 is 0.886 bits per heavy atom. The van der Waals surface area contributed by atoms with Crippen LogP contribution in [-0.4, -0.2) is 44.3 Å². The van der Waals surface area contributed by atoms with Crippen molar-refractivity contribution in [1.82, 2.24) is 10.2 Å². The lowest BCUT2D eigenvalue weighted by Crippen LogP contribution is -2.53. The minimum atomic E-state index is -4.16. The van der Waals surface area contributed by atoms with Gasteiger partial charge in [-0.25, -0.2) is 8.42 Å². The van der Waals surface area contributed by atoms with Crippen molar-refractivity contribution in [3.8, 4) is 0 Å². The van der Waals surface area contributed by atoms with Crippen molar-refractivity contribution in [2.45, 2.75) is 37.2 Å². The largest absolute Gasteiger partial charge is 0.354 e. The fraction of sp³-hybridized carbons (Fsp3) is 0.212. The molecule has 230 valence electrons. The van der Waals surface area contributed by atoms with Crippen molar-refractivity contribution >= 4 is 73.3 Å². The molecule has 0 bridgehead atoms. The van der Waals surface area contributed by atoms with Gasteiger partial charge in [0.25, 0.3) is 10.0 Å². The van der Waals surface area contributed by atoms with Crippen molar-refractivity contribution in [2.24, 2.45) is 0 Å². The van der Waals surface area contributed by atoms with Crippen LogP contribution in [0.4, 0.5) is 5.69 Å². The summed E-state index contributed by atoms with van der Waals surface area (Å²) in [5, 5.41) is 3.68. The molecule has 4 aromatic carbocycles. The number of hydrogen-bond donors (Lipinski definition) is 1. The van der Waals surface area contributed by atoms with Crippen molar-refractivity contribution in [3.05, 3.63) is 128 Å². The van der Waals surface area contributed by atoms with Crippen LogP contribution in [0.2, 0.25) is 10.0 Å². The summed E-state index contributed by atoms with van der Waals surface area (Å²) in [5.74, 6) is -0.914. The quantitative estimate of drug-likeness (QED) is 0.149. The summed E-state index contributed by atoms with van der Waals surface area (Å²) in [7, 11) is -4.16. The number of halogens is 3. The van der Waals surface area contributed by atoms with E-state index in [4.69, 9.17) is 23.2 Å². The predicted molar refractivity (Wildman–Crippen MR) is 184 cm³/mol. The van der Waals surface area contributed by atoms with Gasteiger partial charge >= 0.3 is 0 Å². The summed E-state index contributed by atoms with van der Waals surface area (Å²) in [6, 6.07) is 28.2. The van der Waals surface area contributed by atoms with Crippen LogP contribution in [0.5, 0.6) is 0 Å². The van der Waals surface area contributed by atoms with E-state index in [1.807, 2.05) is 37.3 Å². The van der Waals surface area contributed by atoms with Gasteiger partial charge in [0.15, 0.2) is 0 Å². The second-order valence-corrected chi connectivity index (χ2v) is 14.0. The Bertz CT molecular complexity index is 1670. The molecule has 1 N–H and O–H groups in total. The highest BCUT2D eigenvalue weighted by Crippen LogP contribution is 2.27. The van der Waals surface area contributed by atoms with Crippen molar-refractivity contribution < 1.29 is 18.0 Å². The van der Waals surface area contributed by atoms with Gasteiger partial charge in [-0.3, -0.25) is 13.9 Å². The van der Waals surface area contributed by atoms with Gasteiger partial charge in [-0.15, -0.1) is 0 Å². The van der Waals surface area contributed by atoms with E-state index in [0.717, 1.165) is 13.4 Å². The Morgan fingerprint density at radius 3 is 2.14 bits per heavy atom. The van der Waals surface area contributed by atoms with Crippen molar-refractivity contribution in [2.75, 3.05) is 17.4 Å². The summed E-state index contributed by atoms with van der Waals surface area (Å²) in [6.45, 7) is 1.77. The second kappa shape index (κ2) is 15.7. The van der Waals surface area contributed by atoms with Crippen LogP contribution < -0.4 is 9.62 Å². The van der Waals surface area contributed by atoms with E-state index in [9.17, 15) is 18.0 Å². The lowest BCUT2D eigenvalue weighted by molar-refractivity contribution is -0.140. The fourth-order valence-corrected chi connectivity index (χ4v) is 6.87. The number of rotatable bonds is 13. The second-order valence-electron chi connectivity index (χ2n) is 10.1. The van der Waals surface area contributed by atoms with E-state index < -0.39 is 28.5 Å². The maximum Gasteiger partial charge on any atom is 0.264 e. The fourth-order valence-electron chi connectivity index (χ4n) is 4.61. The molecule has 44 heavy (non-hydrogen) atoms. The summed E-state index contributed by atoms with van der Waals surface area (Å²) in [4.78, 5) is 29.6. The molecule has 4 rings (SSSR count). The molecule has 1 atom stereocenters. The molecule has 2 amide bonds. The van der Waals surface area contributed by atoms with Gasteiger partial charge in [-0.05, 0) is 88.7 Å². The minimum absolute atomic E-state index is 0.0418. The van der Waals surface area contributed by atoms with Crippen LogP contribution in [0.25, 0.3) is 0 Å². The molecule has 7 nitrogen and oxygen atoms in total. The Hall–Kier alpha value is -3.12. The molecule has 11 heteroatoms. The molecule has 0 heterocycles. The number of nitrogens with one attached hydrogen (secondary N) is 1. The Balaban J connectivity index is 1.80. The van der Waals surface area contributed by atoms with Crippen LogP contribution in [0, 0.1) is 3.57 Å². The Kier molecular flexibility index (Phi) is 12.1. The maximum atomic E-state index is 14.4. The van der Waals surface area contributed by atoms with Gasteiger partial charge in [0, 0.05) is 33.1 Å². The van der Waals surface area contributed by atoms with Crippen LogP contribution in [0.15, 0.2) is 108 Å². The van der Waals surface area contributed by atoms with Crippen molar-refractivity contribution in [3.63, 3.8) is 0 Å². The zero-order valence-electron chi connectivity index (χ0n) is 24.0. The number of carbonyl (C=O) groups is 2. The minimum Gasteiger partial charge on any atom is -0.354 e. The number of hydrogen-bond acceptors (Lipinski definition) is 4. The average Bonchev–Trinajstić information content (AvgIpc) is 3.02. The maximum absolute atomic E-state index is 14.4. The monoisotopic (exact) mass is 763 g/mol. The summed E-state index contributed by atoms with van der Waals surface area (Å²) in [5.41, 5.74) is 1.73. The van der Waals surface area contributed by atoms with Gasteiger partial charge in [0.05, 0.1) is 10.6 Å². The zero-order valence-corrected chi connectivity index (χ0v) is 28.5. The third-order valence-electron chi connectivity index (χ3n) is 6.90. The molecule has 0 aromatic heterocycles. The van der Waals surface area contributed by atoms with E-state index in [2.05, 4.69) is 27.9 Å². The van der Waals surface area contributed by atoms with E-state index in [1.165, 1.54) is 17.0 Å². The third kappa shape index (κ3) is 8.74. The zero-order chi connectivity index (χ0) is 31.7. The van der Waals surface area contributed by atoms with Gasteiger partial charge in [0.1, 0.15) is 12.6 Å². The first-order chi connectivity index (χ1) is 21.1. The standard InChI is InChI=1S/C33H32Cl2IN3O4S/c1-2-19-37-33(41)31(20-24-9-5-3-6-10-24)38(22-25-13-14-26(34)21-30(25)35)32(40)23-39(28-17-15-27(36)16-18-28)44(42,43)29-11-7-4-8-12-29/h3-18,21,31H,2,19-20,22-23H2,1H3,(H,37,41). The Morgan fingerprint density at radius 2 is 1.52 bits per heavy atom. The highest BCUT2D eigenvalue weighted by atomic mass is 127. The first kappa shape index (κ1) is 33.8. The molecular weight excluding hydrogens is 732 g/mol. The van der Waals surface area contributed by atoms with Crippen LogP contribution in [0.1, 0.15) is 24.5 Å². The number of carbonyl (C=O) groups excluding carboxylic acids is 2. The van der Waals surface area contributed by atoms with E-state index in [-0.39, 0.29) is 23.8 Å². The SMILES string of the molecule is CCCNC(=O)C(Cc1ccccc1)N(Cc1ccc(Cl)cc1Cl)C(=O)CN(c1ccc(I)cc1)S(=O)(=O)c1ccccc1. The van der Waals surface area contributed by atoms with Gasteiger partial charge in [-0.1, -0.05) is 84.7 Å². The molecule has 1 unspecified atom stereocenters. The van der Waals surface area contributed by atoms with Gasteiger partial charge in [0.2, 0.25) is 11.8 Å². The normalized spacial score (nSPS) is 11.9. The van der Waals surface area contributed by atoms with E-state index >= 15 is 0 Å². The lowest BCUT2D eigenvalue weighted by atomic mass is 10.0. The smallest absolute Gasteiger partial charge is 0.264 e. The number of sulfonamides is 1. The molecule has 0 aliphatic rings. The molecule has 0 spiro atoms. The molecule has 0 fully saturated rings. The molecular formula is C33H32Cl2IN3O4S. The van der Waals surface area contributed by atoms with Crippen LogP contribution >= 0.6 is 45.8 Å². The Labute approximate surface area is 282 Å². The molecule has 0 aliphatic carbocycles. The number of benzene rings is 4. The summed E-state index contributed by atoms with van der Waals surface area (Å²) in [6.07, 6.45) is 0.916. The van der Waals surface area contributed by atoms with Crippen LogP contribution in [-0.2, 0) is 32.6 Å². The number of anilines is 1. The molecule has 0 saturated heterocycles. The lowest BCUT2D eigenvalue weighted by Gasteiger charge is -2.34. The van der Waals surface area contributed by atoms with E-state index in [0.29, 0.717) is 34.3 Å². The highest BCUT2D eigenvalue weighted by molar-refractivity contribution is 14.1. The molecule has 0 radical (unpaired) electrons. The van der Waals surface area contributed by atoms with Crippen LogP contribution in [0.3, 0.4) is 0 Å². The molecule has 0 aliphatic heterocycles. The molecule has 4 aromatic rings. The summed E-state index contributed by atoms with van der Waals surface area (Å²) < 4.78 is 30.0. The predicted octanol–water partition coefficient (Wildman–Crippen LogP) is 6.96. The third-order valence-corrected chi connectivity index (χ3v) is 9.99. The highest BCUT2D eigenvalue weighted by Gasteiger charge is 2.34. The number of amides is 2.